The SMILES string of the molecule is O=C(O)CCCC=CCC1C2C=CC(C2)C1NS(=O)(=O)CCC1CCCCC1. The van der Waals surface area contributed by atoms with Crippen LogP contribution in [0.15, 0.2) is 24.3 Å². The third-order valence-corrected chi connectivity index (χ3v) is 8.20. The van der Waals surface area contributed by atoms with Crippen LogP contribution in [0.1, 0.15) is 70.6 Å². The topological polar surface area (TPSA) is 83.5 Å². The van der Waals surface area contributed by atoms with E-state index in [4.69, 9.17) is 5.11 Å². The molecule has 0 radical (unpaired) electrons. The Morgan fingerprint density at radius 1 is 1.11 bits per heavy atom. The average molecular weight is 410 g/mol. The first-order valence-electron chi connectivity index (χ1n) is 11.0. The van der Waals surface area contributed by atoms with E-state index in [0.717, 1.165) is 25.7 Å². The van der Waals surface area contributed by atoms with Crippen molar-refractivity contribution in [2.45, 2.75) is 76.7 Å². The van der Waals surface area contributed by atoms with E-state index in [9.17, 15) is 13.2 Å². The van der Waals surface area contributed by atoms with E-state index >= 15 is 0 Å². The van der Waals surface area contributed by atoms with Crippen LogP contribution in [0, 0.1) is 23.7 Å². The van der Waals surface area contributed by atoms with Gasteiger partial charge in [0.1, 0.15) is 0 Å². The van der Waals surface area contributed by atoms with Crippen molar-refractivity contribution in [2.24, 2.45) is 23.7 Å². The normalized spacial score (nSPS) is 30.4. The maximum absolute atomic E-state index is 12.7. The van der Waals surface area contributed by atoms with Crippen LogP contribution >= 0.6 is 0 Å². The molecule has 158 valence electrons. The molecule has 2 saturated carbocycles. The summed E-state index contributed by atoms with van der Waals surface area (Å²) in [6, 6.07) is 0.00928. The predicted octanol–water partition coefficient (Wildman–Crippen LogP) is 4.27. The highest BCUT2D eigenvalue weighted by Crippen LogP contribution is 2.45. The van der Waals surface area contributed by atoms with Gasteiger partial charge in [0.15, 0.2) is 0 Å². The van der Waals surface area contributed by atoms with Crippen LogP contribution in [0.25, 0.3) is 0 Å². The fourth-order valence-electron chi connectivity index (χ4n) is 5.23. The number of fused-ring (bicyclic) bond motifs is 2. The van der Waals surface area contributed by atoms with E-state index in [1.165, 1.54) is 32.1 Å². The summed E-state index contributed by atoms with van der Waals surface area (Å²) in [5.74, 6) is 1.17. The van der Waals surface area contributed by atoms with Crippen molar-refractivity contribution in [3.8, 4) is 0 Å². The first-order valence-corrected chi connectivity index (χ1v) is 12.6. The van der Waals surface area contributed by atoms with Gasteiger partial charge in [0, 0.05) is 12.5 Å². The second-order valence-electron chi connectivity index (χ2n) is 8.86. The van der Waals surface area contributed by atoms with E-state index in [2.05, 4.69) is 23.0 Å². The molecule has 2 bridgehead atoms. The lowest BCUT2D eigenvalue weighted by molar-refractivity contribution is -0.137. The lowest BCUT2D eigenvalue weighted by atomic mass is 9.86. The van der Waals surface area contributed by atoms with Gasteiger partial charge >= 0.3 is 5.97 Å². The van der Waals surface area contributed by atoms with Gasteiger partial charge in [-0.3, -0.25) is 4.79 Å². The fourth-order valence-corrected chi connectivity index (χ4v) is 6.75. The van der Waals surface area contributed by atoms with Crippen molar-refractivity contribution in [1.82, 2.24) is 4.72 Å². The lowest BCUT2D eigenvalue weighted by Gasteiger charge is -2.28. The summed E-state index contributed by atoms with van der Waals surface area (Å²) in [6.45, 7) is 0. The monoisotopic (exact) mass is 409 g/mol. The molecular formula is C22H35NO4S. The summed E-state index contributed by atoms with van der Waals surface area (Å²) in [5, 5.41) is 8.69. The zero-order chi connectivity index (χ0) is 20.0. The second kappa shape index (κ2) is 10.1. The van der Waals surface area contributed by atoms with Crippen molar-refractivity contribution in [1.29, 1.82) is 0 Å². The molecule has 3 aliphatic rings. The zero-order valence-electron chi connectivity index (χ0n) is 16.8. The summed E-state index contributed by atoms with van der Waals surface area (Å²) >= 11 is 0. The third-order valence-electron chi connectivity index (χ3n) is 6.79. The molecule has 0 amide bonds. The van der Waals surface area contributed by atoms with Crippen molar-refractivity contribution >= 4 is 16.0 Å². The van der Waals surface area contributed by atoms with Crippen LogP contribution in [0.2, 0.25) is 0 Å². The molecular weight excluding hydrogens is 374 g/mol. The number of sulfonamides is 1. The molecule has 0 aromatic rings. The van der Waals surface area contributed by atoms with Gasteiger partial charge in [-0.1, -0.05) is 56.4 Å². The van der Waals surface area contributed by atoms with Crippen molar-refractivity contribution in [2.75, 3.05) is 5.75 Å². The minimum Gasteiger partial charge on any atom is -0.481 e. The minimum absolute atomic E-state index is 0.00928. The van der Waals surface area contributed by atoms with Crippen molar-refractivity contribution in [3.05, 3.63) is 24.3 Å². The van der Waals surface area contributed by atoms with Crippen LogP contribution in [0.4, 0.5) is 0 Å². The van der Waals surface area contributed by atoms with Gasteiger partial charge in [0.2, 0.25) is 10.0 Å². The molecule has 0 aromatic carbocycles. The van der Waals surface area contributed by atoms with Crippen LogP contribution in [-0.2, 0) is 14.8 Å². The number of rotatable bonds is 11. The summed E-state index contributed by atoms with van der Waals surface area (Å²) in [6.07, 6.45) is 19.1. The molecule has 0 aromatic heterocycles. The highest BCUT2D eigenvalue weighted by atomic mass is 32.2. The highest BCUT2D eigenvalue weighted by molar-refractivity contribution is 7.89. The van der Waals surface area contributed by atoms with Crippen LogP contribution in [-0.4, -0.2) is 31.3 Å². The second-order valence-corrected chi connectivity index (χ2v) is 10.7. The number of aliphatic carboxylic acids is 1. The molecule has 0 aliphatic heterocycles. The number of carboxylic acids is 1. The maximum Gasteiger partial charge on any atom is 0.303 e. The standard InChI is InChI=1S/C22H35NO4S/c24-21(25)11-7-2-1-6-10-20-18-12-13-19(16-18)22(20)23-28(26,27)15-14-17-8-4-3-5-9-17/h1,6,12-13,17-20,22-23H,2-5,7-11,14-16H2,(H,24,25). The molecule has 0 spiro atoms. The van der Waals surface area contributed by atoms with Gasteiger partial charge in [0.25, 0.3) is 0 Å². The molecule has 0 heterocycles. The Kier molecular flexibility index (Phi) is 7.75. The number of carbonyl (C=O) groups is 1. The Bertz CT molecular complexity index is 679. The number of hydrogen-bond acceptors (Lipinski definition) is 3. The smallest absolute Gasteiger partial charge is 0.303 e. The van der Waals surface area contributed by atoms with Crippen molar-refractivity contribution in [3.63, 3.8) is 0 Å². The maximum atomic E-state index is 12.7. The Labute approximate surface area is 169 Å². The quantitative estimate of drug-likeness (QED) is 0.394. The molecule has 28 heavy (non-hydrogen) atoms. The summed E-state index contributed by atoms with van der Waals surface area (Å²) in [7, 11) is -3.24. The van der Waals surface area contributed by atoms with Gasteiger partial charge in [0.05, 0.1) is 5.75 Å². The number of allylic oxidation sites excluding steroid dienone is 3. The third kappa shape index (κ3) is 6.18. The molecule has 3 rings (SSSR count). The molecule has 4 atom stereocenters. The number of hydrogen-bond donors (Lipinski definition) is 2. The van der Waals surface area contributed by atoms with Gasteiger partial charge in [-0.05, 0) is 55.8 Å². The molecule has 4 unspecified atom stereocenters. The van der Waals surface area contributed by atoms with Gasteiger partial charge in [-0.2, -0.15) is 0 Å². The lowest BCUT2D eigenvalue weighted by Crippen LogP contribution is -2.43. The first-order chi connectivity index (χ1) is 13.4. The molecule has 0 saturated heterocycles. The Morgan fingerprint density at radius 2 is 1.86 bits per heavy atom. The fraction of sp³-hybridized carbons (Fsp3) is 0.773. The van der Waals surface area contributed by atoms with E-state index in [1.807, 2.05) is 6.08 Å². The largest absolute Gasteiger partial charge is 0.481 e. The Morgan fingerprint density at radius 3 is 2.61 bits per heavy atom. The van der Waals surface area contributed by atoms with Crippen LogP contribution in [0.5, 0.6) is 0 Å². The van der Waals surface area contributed by atoms with E-state index in [0.29, 0.717) is 30.1 Å². The molecule has 3 aliphatic carbocycles. The number of unbranched alkanes of at least 4 members (excludes halogenated alkanes) is 1. The summed E-state index contributed by atoms with van der Waals surface area (Å²) < 4.78 is 28.5. The van der Waals surface area contributed by atoms with Gasteiger partial charge < -0.3 is 5.11 Å². The van der Waals surface area contributed by atoms with Gasteiger partial charge in [-0.25, -0.2) is 13.1 Å². The molecule has 6 heteroatoms. The van der Waals surface area contributed by atoms with Crippen molar-refractivity contribution < 1.29 is 18.3 Å². The first kappa shape index (κ1) is 21.6. The van der Waals surface area contributed by atoms with Crippen LogP contribution in [0.3, 0.4) is 0 Å². The van der Waals surface area contributed by atoms with E-state index in [1.54, 1.807) is 0 Å². The molecule has 2 N–H and O–H groups in total. The summed E-state index contributed by atoms with van der Waals surface area (Å²) in [5.41, 5.74) is 0. The predicted molar refractivity (Wildman–Crippen MR) is 111 cm³/mol. The Hall–Kier alpha value is -1.14. The Balaban J connectivity index is 1.48. The van der Waals surface area contributed by atoms with Crippen LogP contribution < -0.4 is 4.72 Å². The minimum atomic E-state index is -3.24. The van der Waals surface area contributed by atoms with E-state index < -0.39 is 16.0 Å². The van der Waals surface area contributed by atoms with E-state index in [-0.39, 0.29) is 18.2 Å². The molecule has 2 fully saturated rings. The van der Waals surface area contributed by atoms with Gasteiger partial charge in [-0.15, -0.1) is 0 Å². The number of carboxylic acid groups (broad SMARTS) is 1. The molecule has 5 nitrogen and oxygen atoms in total. The highest BCUT2D eigenvalue weighted by Gasteiger charge is 2.45. The average Bonchev–Trinajstić information content (AvgIpc) is 3.26. The number of nitrogens with one attached hydrogen (secondary N) is 1. The zero-order valence-corrected chi connectivity index (χ0v) is 17.6. The summed E-state index contributed by atoms with van der Waals surface area (Å²) in [4.78, 5) is 10.6.